The van der Waals surface area contributed by atoms with Gasteiger partial charge < -0.3 is 10.6 Å². The van der Waals surface area contributed by atoms with Gasteiger partial charge in [-0.25, -0.2) is 18.8 Å². The highest BCUT2D eigenvalue weighted by Gasteiger charge is 2.12. The summed E-state index contributed by atoms with van der Waals surface area (Å²) in [6, 6.07) is 3.64. The van der Waals surface area contributed by atoms with E-state index < -0.39 is 11.6 Å². The van der Waals surface area contributed by atoms with Crippen LogP contribution in [0.25, 0.3) is 0 Å². The average molecular weight is 464 g/mol. The third-order valence-corrected chi connectivity index (χ3v) is 3.60. The maximum Gasteiger partial charge on any atom is 0.191 e. The molecule has 138 valence electrons. The number of nitrogens with zero attached hydrogens (tertiary/aromatic N) is 4. The Morgan fingerprint density at radius 1 is 1.32 bits per heavy atom. The van der Waals surface area contributed by atoms with Gasteiger partial charge in [0.15, 0.2) is 5.96 Å². The van der Waals surface area contributed by atoms with E-state index in [0.717, 1.165) is 11.9 Å². The largest absolute Gasteiger partial charge is 0.357 e. The van der Waals surface area contributed by atoms with Crippen molar-refractivity contribution in [2.24, 2.45) is 12.0 Å². The van der Waals surface area contributed by atoms with Crippen molar-refractivity contribution in [3.8, 4) is 0 Å². The monoisotopic (exact) mass is 464 g/mol. The van der Waals surface area contributed by atoms with E-state index in [1.165, 1.54) is 18.5 Å². The van der Waals surface area contributed by atoms with Crippen LogP contribution < -0.4 is 10.6 Å². The molecule has 0 saturated heterocycles. The van der Waals surface area contributed by atoms with Crippen molar-refractivity contribution in [2.75, 3.05) is 13.1 Å². The van der Waals surface area contributed by atoms with Crippen LogP contribution in [0, 0.1) is 11.6 Å². The van der Waals surface area contributed by atoms with Crippen molar-refractivity contribution in [3.05, 3.63) is 47.5 Å². The number of guanidine groups is 1. The van der Waals surface area contributed by atoms with Crippen LogP contribution in [0.3, 0.4) is 0 Å². The Morgan fingerprint density at radius 2 is 2.08 bits per heavy atom. The quantitative estimate of drug-likeness (QED) is 0.392. The molecule has 1 heterocycles. The molecule has 0 fully saturated rings. The molecule has 0 aliphatic heterocycles. The normalized spacial score (nSPS) is 12.4. The standard InChI is InChI=1S/C16H22F2N6.HI/c1-4-19-16(21-9-15-22-10-23-24(15)3)20-8-11(2)13-6-5-12(17)7-14(13)18;/h5-7,10-11H,4,8-9H2,1-3H3,(H2,19,20,21);1H. The zero-order valence-electron chi connectivity index (χ0n) is 14.5. The van der Waals surface area contributed by atoms with Crippen LogP contribution in [0.4, 0.5) is 8.78 Å². The molecule has 1 aromatic heterocycles. The summed E-state index contributed by atoms with van der Waals surface area (Å²) >= 11 is 0. The third-order valence-electron chi connectivity index (χ3n) is 3.60. The minimum atomic E-state index is -0.574. The molecule has 0 spiro atoms. The van der Waals surface area contributed by atoms with Gasteiger partial charge >= 0.3 is 0 Å². The van der Waals surface area contributed by atoms with Gasteiger partial charge in [-0.3, -0.25) is 4.68 Å². The number of aromatic nitrogens is 3. The highest BCUT2D eigenvalue weighted by molar-refractivity contribution is 14.0. The molecule has 0 saturated carbocycles. The Balaban J connectivity index is 0.00000312. The van der Waals surface area contributed by atoms with E-state index in [9.17, 15) is 8.78 Å². The van der Waals surface area contributed by atoms with Crippen LogP contribution in [-0.2, 0) is 13.6 Å². The minimum absolute atomic E-state index is 0. The second kappa shape index (κ2) is 10.3. The van der Waals surface area contributed by atoms with E-state index in [0.29, 0.717) is 31.2 Å². The zero-order valence-corrected chi connectivity index (χ0v) is 16.8. The number of rotatable bonds is 6. The van der Waals surface area contributed by atoms with Crippen LogP contribution in [-0.4, -0.2) is 33.8 Å². The lowest BCUT2D eigenvalue weighted by atomic mass is 10.0. The first-order chi connectivity index (χ1) is 11.5. The second-order valence-corrected chi connectivity index (χ2v) is 5.44. The first-order valence-electron chi connectivity index (χ1n) is 7.81. The van der Waals surface area contributed by atoms with Crippen LogP contribution in [0.5, 0.6) is 0 Å². The zero-order chi connectivity index (χ0) is 17.5. The van der Waals surface area contributed by atoms with Gasteiger partial charge in [0.05, 0.1) is 0 Å². The Labute approximate surface area is 163 Å². The highest BCUT2D eigenvalue weighted by Crippen LogP contribution is 2.19. The number of hydrogen-bond donors (Lipinski definition) is 2. The molecule has 0 amide bonds. The van der Waals surface area contributed by atoms with Crippen LogP contribution in [0.2, 0.25) is 0 Å². The van der Waals surface area contributed by atoms with Crippen LogP contribution in [0.15, 0.2) is 29.5 Å². The first kappa shape index (κ1) is 21.3. The Bertz CT molecular complexity index is 704. The Kier molecular flexibility index (Phi) is 8.73. The predicted octanol–water partition coefficient (Wildman–Crippen LogP) is 2.57. The van der Waals surface area contributed by atoms with Crippen molar-refractivity contribution < 1.29 is 8.78 Å². The minimum Gasteiger partial charge on any atom is -0.357 e. The van der Waals surface area contributed by atoms with Gasteiger partial charge in [0.1, 0.15) is 30.3 Å². The fourth-order valence-corrected chi connectivity index (χ4v) is 2.22. The number of nitrogens with one attached hydrogen (secondary N) is 2. The van der Waals surface area contributed by atoms with E-state index >= 15 is 0 Å². The molecule has 0 aliphatic rings. The molecule has 0 aliphatic carbocycles. The molecule has 2 aromatic rings. The van der Waals surface area contributed by atoms with Crippen molar-refractivity contribution in [2.45, 2.75) is 26.3 Å². The molecule has 2 rings (SSSR count). The van der Waals surface area contributed by atoms with Crippen molar-refractivity contribution >= 4 is 29.9 Å². The van der Waals surface area contributed by atoms with E-state index in [1.54, 1.807) is 11.7 Å². The predicted molar refractivity (Wildman–Crippen MR) is 104 cm³/mol. The molecule has 2 N–H and O–H groups in total. The first-order valence-corrected chi connectivity index (χ1v) is 7.81. The summed E-state index contributed by atoms with van der Waals surface area (Å²) in [6.45, 7) is 5.38. The number of aryl methyl sites for hydroxylation is 1. The lowest BCUT2D eigenvalue weighted by Crippen LogP contribution is -2.39. The smallest absolute Gasteiger partial charge is 0.191 e. The number of aliphatic imine (C=N–C) groups is 1. The number of halogens is 3. The number of hydrogen-bond acceptors (Lipinski definition) is 3. The van der Waals surface area contributed by atoms with E-state index in [2.05, 4.69) is 25.7 Å². The van der Waals surface area contributed by atoms with Crippen molar-refractivity contribution in [1.29, 1.82) is 0 Å². The van der Waals surface area contributed by atoms with Gasteiger partial charge in [0.25, 0.3) is 0 Å². The topological polar surface area (TPSA) is 67.1 Å². The van der Waals surface area contributed by atoms with Gasteiger partial charge in [-0.1, -0.05) is 13.0 Å². The summed E-state index contributed by atoms with van der Waals surface area (Å²) in [5, 5.41) is 10.3. The summed E-state index contributed by atoms with van der Waals surface area (Å²) in [6.07, 6.45) is 1.48. The fraction of sp³-hybridized carbons (Fsp3) is 0.438. The fourth-order valence-electron chi connectivity index (χ4n) is 2.22. The highest BCUT2D eigenvalue weighted by atomic mass is 127. The van der Waals surface area contributed by atoms with Gasteiger partial charge in [-0.15, -0.1) is 24.0 Å². The maximum absolute atomic E-state index is 13.8. The maximum atomic E-state index is 13.8. The second-order valence-electron chi connectivity index (χ2n) is 5.44. The molecule has 0 bridgehead atoms. The Morgan fingerprint density at radius 3 is 2.68 bits per heavy atom. The van der Waals surface area contributed by atoms with Crippen LogP contribution >= 0.6 is 24.0 Å². The van der Waals surface area contributed by atoms with Crippen molar-refractivity contribution in [1.82, 2.24) is 25.4 Å². The lowest BCUT2D eigenvalue weighted by molar-refractivity contribution is 0.556. The SMILES string of the molecule is CCNC(=NCc1ncnn1C)NCC(C)c1ccc(F)cc1F.I. The van der Waals surface area contributed by atoms with Gasteiger partial charge in [-0.2, -0.15) is 5.10 Å². The molecule has 0 radical (unpaired) electrons. The molecule has 9 heteroatoms. The molecule has 25 heavy (non-hydrogen) atoms. The summed E-state index contributed by atoms with van der Waals surface area (Å²) in [4.78, 5) is 8.55. The van der Waals surface area contributed by atoms with Crippen molar-refractivity contribution in [3.63, 3.8) is 0 Å². The van der Waals surface area contributed by atoms with E-state index in [1.807, 2.05) is 13.8 Å². The molecule has 6 nitrogen and oxygen atoms in total. The number of benzene rings is 1. The van der Waals surface area contributed by atoms with Gasteiger partial charge in [-0.05, 0) is 18.6 Å². The van der Waals surface area contributed by atoms with E-state index in [4.69, 9.17) is 0 Å². The average Bonchev–Trinajstić information content (AvgIpc) is 2.95. The summed E-state index contributed by atoms with van der Waals surface area (Å²) in [7, 11) is 1.80. The third kappa shape index (κ3) is 6.22. The van der Waals surface area contributed by atoms with E-state index in [-0.39, 0.29) is 29.9 Å². The molecular formula is C16H23F2IN6. The summed E-state index contributed by atoms with van der Waals surface area (Å²) < 4.78 is 28.5. The molecule has 1 unspecified atom stereocenters. The molecule has 1 atom stereocenters. The molecular weight excluding hydrogens is 441 g/mol. The molecule has 1 aromatic carbocycles. The van der Waals surface area contributed by atoms with Crippen LogP contribution in [0.1, 0.15) is 31.2 Å². The summed E-state index contributed by atoms with van der Waals surface area (Å²) in [5.74, 6) is 0.101. The lowest BCUT2D eigenvalue weighted by Gasteiger charge is -2.16. The Hall–Kier alpha value is -1.78. The van der Waals surface area contributed by atoms with Gasteiger partial charge in [0.2, 0.25) is 0 Å². The van der Waals surface area contributed by atoms with Gasteiger partial charge in [0, 0.05) is 32.1 Å². The summed E-state index contributed by atoms with van der Waals surface area (Å²) in [5.41, 5.74) is 0.466.